The van der Waals surface area contributed by atoms with Gasteiger partial charge in [0.15, 0.2) is 0 Å². The Morgan fingerprint density at radius 1 is 1.26 bits per heavy atom. The Hall–Kier alpha value is -1.98. The van der Waals surface area contributed by atoms with Crippen LogP contribution in [-0.2, 0) is 6.54 Å². The Labute approximate surface area is 139 Å². The molecule has 1 atom stereocenters. The molecular formula is C18H19N3OS. The van der Waals surface area contributed by atoms with Gasteiger partial charge in [-0.15, -0.1) is 11.3 Å². The summed E-state index contributed by atoms with van der Waals surface area (Å²) in [6.45, 7) is 3.88. The van der Waals surface area contributed by atoms with Crippen molar-refractivity contribution in [2.45, 2.75) is 32.4 Å². The smallest absolute Gasteiger partial charge is 0.241 e. The van der Waals surface area contributed by atoms with E-state index in [1.54, 1.807) is 0 Å². The fourth-order valence-electron chi connectivity index (χ4n) is 3.13. The van der Waals surface area contributed by atoms with Crippen LogP contribution in [0.1, 0.15) is 35.2 Å². The summed E-state index contributed by atoms with van der Waals surface area (Å²) in [5.74, 6) is 1.37. The number of thiophene rings is 1. The molecule has 0 radical (unpaired) electrons. The van der Waals surface area contributed by atoms with Crippen LogP contribution in [0, 0.1) is 6.92 Å². The van der Waals surface area contributed by atoms with Gasteiger partial charge >= 0.3 is 0 Å². The molecule has 0 bridgehead atoms. The van der Waals surface area contributed by atoms with Crippen LogP contribution >= 0.6 is 11.3 Å². The minimum Gasteiger partial charge on any atom is -0.338 e. The van der Waals surface area contributed by atoms with Crippen LogP contribution in [0.2, 0.25) is 0 Å². The van der Waals surface area contributed by atoms with E-state index < -0.39 is 0 Å². The summed E-state index contributed by atoms with van der Waals surface area (Å²) in [6, 6.07) is 13.0. The lowest BCUT2D eigenvalue weighted by atomic mass is 10.1. The molecule has 0 aliphatic carbocycles. The molecule has 0 spiro atoms. The largest absolute Gasteiger partial charge is 0.338 e. The lowest BCUT2D eigenvalue weighted by molar-refractivity contribution is 0.214. The second-order valence-electron chi connectivity index (χ2n) is 6.02. The van der Waals surface area contributed by atoms with Gasteiger partial charge in [0.25, 0.3) is 0 Å². The van der Waals surface area contributed by atoms with Gasteiger partial charge in [-0.05, 0) is 37.8 Å². The molecule has 0 N–H and O–H groups in total. The van der Waals surface area contributed by atoms with Gasteiger partial charge in [-0.2, -0.15) is 4.98 Å². The van der Waals surface area contributed by atoms with E-state index in [1.807, 2.05) is 23.5 Å². The fraction of sp³-hybridized carbons (Fsp3) is 0.333. The number of aromatic nitrogens is 2. The predicted molar refractivity (Wildman–Crippen MR) is 91.2 cm³/mol. The van der Waals surface area contributed by atoms with E-state index in [-0.39, 0.29) is 0 Å². The summed E-state index contributed by atoms with van der Waals surface area (Å²) in [6.07, 6.45) is 2.43. The lowest BCUT2D eigenvalue weighted by Crippen LogP contribution is -2.22. The lowest BCUT2D eigenvalue weighted by Gasteiger charge is -2.21. The molecule has 4 rings (SSSR count). The fourth-order valence-corrected chi connectivity index (χ4v) is 4.03. The SMILES string of the molecule is Cc1ccc(-c2noc(CN3CCC[C@H]3c3cccs3)n2)cc1. The zero-order chi connectivity index (χ0) is 15.6. The molecule has 1 aliphatic rings. The van der Waals surface area contributed by atoms with Crippen molar-refractivity contribution in [1.82, 2.24) is 15.0 Å². The number of likely N-dealkylation sites (tertiary alicyclic amines) is 1. The molecule has 4 nitrogen and oxygen atoms in total. The molecule has 1 aliphatic heterocycles. The van der Waals surface area contributed by atoms with Gasteiger partial charge in [-0.1, -0.05) is 41.1 Å². The molecule has 118 valence electrons. The van der Waals surface area contributed by atoms with Gasteiger partial charge < -0.3 is 4.52 Å². The Kier molecular flexibility index (Phi) is 3.97. The normalized spacial score (nSPS) is 18.6. The first-order chi connectivity index (χ1) is 11.3. The summed E-state index contributed by atoms with van der Waals surface area (Å²) in [7, 11) is 0. The molecule has 3 heterocycles. The summed E-state index contributed by atoms with van der Waals surface area (Å²) in [5, 5.41) is 6.28. The zero-order valence-electron chi connectivity index (χ0n) is 13.1. The van der Waals surface area contributed by atoms with Crippen LogP contribution in [-0.4, -0.2) is 21.6 Å². The number of aryl methyl sites for hydroxylation is 1. The molecular weight excluding hydrogens is 306 g/mol. The summed E-state index contributed by atoms with van der Waals surface area (Å²) in [5.41, 5.74) is 2.23. The molecule has 1 saturated heterocycles. The van der Waals surface area contributed by atoms with Crippen molar-refractivity contribution in [3.05, 3.63) is 58.1 Å². The van der Waals surface area contributed by atoms with Crippen LogP contribution in [0.4, 0.5) is 0 Å². The van der Waals surface area contributed by atoms with Crippen LogP contribution in [0.15, 0.2) is 46.3 Å². The minimum atomic E-state index is 0.490. The maximum Gasteiger partial charge on any atom is 0.241 e. The van der Waals surface area contributed by atoms with Crippen molar-refractivity contribution in [1.29, 1.82) is 0 Å². The van der Waals surface area contributed by atoms with Gasteiger partial charge in [0, 0.05) is 16.5 Å². The second-order valence-corrected chi connectivity index (χ2v) is 7.00. The van der Waals surface area contributed by atoms with Crippen molar-refractivity contribution < 1.29 is 4.52 Å². The predicted octanol–water partition coefficient (Wildman–Crippen LogP) is 4.44. The van der Waals surface area contributed by atoms with Crippen molar-refractivity contribution in [3.63, 3.8) is 0 Å². The van der Waals surface area contributed by atoms with Gasteiger partial charge in [-0.25, -0.2) is 0 Å². The molecule has 2 aromatic heterocycles. The third kappa shape index (κ3) is 3.07. The third-order valence-corrected chi connectivity index (χ3v) is 5.33. The Morgan fingerprint density at radius 3 is 2.91 bits per heavy atom. The highest BCUT2D eigenvalue weighted by Crippen LogP contribution is 2.35. The van der Waals surface area contributed by atoms with Gasteiger partial charge in [0.2, 0.25) is 11.7 Å². The van der Waals surface area contributed by atoms with E-state index in [2.05, 4.69) is 51.6 Å². The number of hydrogen-bond acceptors (Lipinski definition) is 5. The first-order valence-corrected chi connectivity index (χ1v) is 8.84. The Bertz CT molecular complexity index is 764. The molecule has 0 saturated carbocycles. The average Bonchev–Trinajstić information content (AvgIpc) is 3.29. The highest BCUT2D eigenvalue weighted by Gasteiger charge is 2.28. The van der Waals surface area contributed by atoms with Crippen molar-refractivity contribution in [2.75, 3.05) is 6.54 Å². The second kappa shape index (κ2) is 6.26. The Morgan fingerprint density at radius 2 is 2.13 bits per heavy atom. The van der Waals surface area contributed by atoms with Crippen molar-refractivity contribution in [3.8, 4) is 11.4 Å². The molecule has 3 aromatic rings. The van der Waals surface area contributed by atoms with E-state index in [0.29, 0.717) is 17.8 Å². The van der Waals surface area contributed by atoms with Crippen molar-refractivity contribution >= 4 is 11.3 Å². The molecule has 5 heteroatoms. The van der Waals surface area contributed by atoms with E-state index in [4.69, 9.17) is 4.52 Å². The quantitative estimate of drug-likeness (QED) is 0.711. The van der Waals surface area contributed by atoms with E-state index >= 15 is 0 Å². The number of benzene rings is 1. The highest BCUT2D eigenvalue weighted by atomic mass is 32.1. The van der Waals surface area contributed by atoms with Crippen molar-refractivity contribution in [2.24, 2.45) is 0 Å². The summed E-state index contributed by atoms with van der Waals surface area (Å²) >= 11 is 1.83. The van der Waals surface area contributed by atoms with Gasteiger partial charge in [0.05, 0.1) is 6.54 Å². The van der Waals surface area contributed by atoms with Gasteiger partial charge in [0.1, 0.15) is 0 Å². The van der Waals surface area contributed by atoms with E-state index in [1.165, 1.54) is 23.3 Å². The molecule has 1 fully saturated rings. The summed E-state index contributed by atoms with van der Waals surface area (Å²) < 4.78 is 5.48. The minimum absolute atomic E-state index is 0.490. The number of rotatable bonds is 4. The standard InChI is InChI=1S/C18H19N3OS/c1-13-6-8-14(9-7-13)18-19-17(22-20-18)12-21-10-2-4-15(21)16-5-3-11-23-16/h3,5-9,11,15H,2,4,10,12H2,1H3/t15-/m0/s1. The Balaban J connectivity index is 1.50. The highest BCUT2D eigenvalue weighted by molar-refractivity contribution is 7.10. The molecule has 1 aromatic carbocycles. The topological polar surface area (TPSA) is 42.2 Å². The zero-order valence-corrected chi connectivity index (χ0v) is 13.9. The monoisotopic (exact) mass is 325 g/mol. The molecule has 0 unspecified atom stereocenters. The van der Waals surface area contributed by atoms with Gasteiger partial charge in [-0.3, -0.25) is 4.90 Å². The van der Waals surface area contributed by atoms with Crippen LogP contribution in [0.5, 0.6) is 0 Å². The molecule has 23 heavy (non-hydrogen) atoms. The van der Waals surface area contributed by atoms with Crippen LogP contribution in [0.3, 0.4) is 0 Å². The van der Waals surface area contributed by atoms with E-state index in [9.17, 15) is 0 Å². The average molecular weight is 325 g/mol. The van der Waals surface area contributed by atoms with E-state index in [0.717, 1.165) is 18.7 Å². The van der Waals surface area contributed by atoms with Crippen LogP contribution < -0.4 is 0 Å². The number of hydrogen-bond donors (Lipinski definition) is 0. The first kappa shape index (κ1) is 14.6. The molecule has 0 amide bonds. The maximum absolute atomic E-state index is 5.48. The maximum atomic E-state index is 5.48. The first-order valence-electron chi connectivity index (χ1n) is 7.97. The third-order valence-electron chi connectivity index (χ3n) is 4.35. The van der Waals surface area contributed by atoms with Crippen LogP contribution in [0.25, 0.3) is 11.4 Å². The summed E-state index contributed by atoms with van der Waals surface area (Å²) in [4.78, 5) is 8.45. The number of nitrogens with zero attached hydrogens (tertiary/aromatic N) is 3.